The number of likely N-dealkylation sites (tertiary alicyclic amines) is 1. The van der Waals surface area contributed by atoms with Crippen molar-refractivity contribution in [2.75, 3.05) is 18.0 Å². The van der Waals surface area contributed by atoms with Gasteiger partial charge >= 0.3 is 0 Å². The number of rotatable bonds is 2. The first kappa shape index (κ1) is 16.6. The Balaban J connectivity index is 1.52. The molecule has 25 heavy (non-hydrogen) atoms. The standard InChI is InChI=1S/C21H28N2O2/c1-15-5-2-6-16-7-3-14-23(20(15)16)21(25)17-9-11-18(12-10-17)22-13-4-8-19(22)24/h9-12,15-16,20H,2-8,13-14H2,1H3/t15-,16+,20-/m1/s1. The molecule has 0 bridgehead atoms. The van der Waals surface area contributed by atoms with Gasteiger partial charge < -0.3 is 9.80 Å². The fraction of sp³-hybridized carbons (Fsp3) is 0.619. The van der Waals surface area contributed by atoms with Gasteiger partial charge in [0.15, 0.2) is 0 Å². The van der Waals surface area contributed by atoms with E-state index in [0.29, 0.717) is 24.3 Å². The van der Waals surface area contributed by atoms with Crippen LogP contribution in [0.1, 0.15) is 62.2 Å². The molecule has 4 nitrogen and oxygen atoms in total. The predicted molar refractivity (Wildman–Crippen MR) is 98.6 cm³/mol. The predicted octanol–water partition coefficient (Wildman–Crippen LogP) is 3.85. The molecule has 0 aromatic heterocycles. The molecular weight excluding hydrogens is 312 g/mol. The summed E-state index contributed by atoms with van der Waals surface area (Å²) in [6, 6.07) is 8.08. The zero-order valence-electron chi connectivity index (χ0n) is 15.1. The van der Waals surface area contributed by atoms with Gasteiger partial charge in [0.25, 0.3) is 5.91 Å². The lowest BCUT2D eigenvalue weighted by Crippen LogP contribution is -2.53. The smallest absolute Gasteiger partial charge is 0.254 e. The van der Waals surface area contributed by atoms with Crippen LogP contribution in [0.25, 0.3) is 0 Å². The van der Waals surface area contributed by atoms with Gasteiger partial charge in [-0.25, -0.2) is 0 Å². The van der Waals surface area contributed by atoms with E-state index >= 15 is 0 Å². The van der Waals surface area contributed by atoms with Crippen molar-refractivity contribution in [2.24, 2.45) is 11.8 Å². The number of nitrogens with zero attached hydrogens (tertiary/aromatic N) is 2. The molecule has 3 aliphatic rings. The van der Waals surface area contributed by atoms with Crippen molar-refractivity contribution in [1.82, 2.24) is 4.90 Å². The van der Waals surface area contributed by atoms with Crippen molar-refractivity contribution in [3.8, 4) is 0 Å². The molecule has 3 fully saturated rings. The third kappa shape index (κ3) is 3.07. The number of piperidine rings is 1. The summed E-state index contributed by atoms with van der Waals surface area (Å²) in [5, 5.41) is 0. The Labute approximate surface area is 150 Å². The van der Waals surface area contributed by atoms with E-state index in [0.717, 1.165) is 37.2 Å². The zero-order valence-corrected chi connectivity index (χ0v) is 15.1. The molecule has 134 valence electrons. The maximum atomic E-state index is 13.1. The average Bonchev–Trinajstić information content (AvgIpc) is 3.07. The highest BCUT2D eigenvalue weighted by atomic mass is 16.2. The number of carbonyl (C=O) groups excluding carboxylic acids is 2. The molecule has 3 atom stereocenters. The van der Waals surface area contributed by atoms with Gasteiger partial charge in [0.05, 0.1) is 0 Å². The molecule has 0 N–H and O–H groups in total. The zero-order chi connectivity index (χ0) is 17.4. The molecule has 2 amide bonds. The second-order valence-corrected chi connectivity index (χ2v) is 8.00. The Hall–Kier alpha value is -1.84. The summed E-state index contributed by atoms with van der Waals surface area (Å²) >= 11 is 0. The van der Waals surface area contributed by atoms with Crippen molar-refractivity contribution in [3.05, 3.63) is 29.8 Å². The fourth-order valence-corrected chi connectivity index (χ4v) is 5.17. The van der Waals surface area contributed by atoms with Crippen molar-refractivity contribution in [3.63, 3.8) is 0 Å². The van der Waals surface area contributed by atoms with Crippen LogP contribution >= 0.6 is 0 Å². The highest BCUT2D eigenvalue weighted by Crippen LogP contribution is 2.39. The fourth-order valence-electron chi connectivity index (χ4n) is 5.17. The molecule has 2 saturated heterocycles. The van der Waals surface area contributed by atoms with E-state index in [9.17, 15) is 9.59 Å². The van der Waals surface area contributed by atoms with Gasteiger partial charge in [0.1, 0.15) is 0 Å². The topological polar surface area (TPSA) is 40.6 Å². The second kappa shape index (κ2) is 6.81. The maximum absolute atomic E-state index is 13.1. The molecule has 2 aliphatic heterocycles. The average molecular weight is 340 g/mol. The molecular formula is C21H28N2O2. The van der Waals surface area contributed by atoms with Gasteiger partial charge in [-0.2, -0.15) is 0 Å². The van der Waals surface area contributed by atoms with E-state index in [1.54, 1.807) is 0 Å². The van der Waals surface area contributed by atoms with Crippen LogP contribution in [0.15, 0.2) is 24.3 Å². The van der Waals surface area contributed by atoms with Gasteiger partial charge in [-0.1, -0.05) is 13.3 Å². The lowest BCUT2D eigenvalue weighted by molar-refractivity contribution is -0.117. The molecule has 0 unspecified atom stereocenters. The highest BCUT2D eigenvalue weighted by Gasteiger charge is 2.39. The minimum atomic E-state index is 0.169. The molecule has 1 aromatic carbocycles. The van der Waals surface area contributed by atoms with Crippen molar-refractivity contribution < 1.29 is 9.59 Å². The van der Waals surface area contributed by atoms with Gasteiger partial charge in [-0.3, -0.25) is 9.59 Å². The number of hydrogen-bond donors (Lipinski definition) is 0. The van der Waals surface area contributed by atoms with E-state index in [-0.39, 0.29) is 11.8 Å². The van der Waals surface area contributed by atoms with Gasteiger partial charge in [-0.15, -0.1) is 0 Å². The summed E-state index contributed by atoms with van der Waals surface area (Å²) in [6.07, 6.45) is 7.77. The van der Waals surface area contributed by atoms with Crippen LogP contribution in [0, 0.1) is 11.8 Å². The van der Waals surface area contributed by atoms with Crippen LogP contribution in [0.4, 0.5) is 5.69 Å². The van der Waals surface area contributed by atoms with Crippen molar-refractivity contribution in [1.29, 1.82) is 0 Å². The summed E-state index contributed by atoms with van der Waals surface area (Å²) < 4.78 is 0. The first-order chi connectivity index (χ1) is 12.1. The molecule has 1 aliphatic carbocycles. The molecule has 0 spiro atoms. The van der Waals surface area contributed by atoms with E-state index in [1.807, 2.05) is 29.2 Å². The van der Waals surface area contributed by atoms with Crippen LogP contribution in [-0.4, -0.2) is 35.8 Å². The van der Waals surface area contributed by atoms with Crippen LogP contribution in [0.3, 0.4) is 0 Å². The third-order valence-corrected chi connectivity index (χ3v) is 6.39. The summed E-state index contributed by atoms with van der Waals surface area (Å²) in [7, 11) is 0. The Morgan fingerprint density at radius 2 is 1.76 bits per heavy atom. The van der Waals surface area contributed by atoms with E-state index < -0.39 is 0 Å². The Morgan fingerprint density at radius 1 is 1.00 bits per heavy atom. The summed E-state index contributed by atoms with van der Waals surface area (Å²) in [6.45, 7) is 3.99. The Kier molecular flexibility index (Phi) is 4.53. The molecule has 4 heteroatoms. The SMILES string of the molecule is C[C@@H]1CCC[C@H]2CCCN(C(=O)c3ccc(N4CCCC4=O)cc3)[C@@H]21. The molecule has 1 aromatic rings. The Bertz CT molecular complexity index is 652. The van der Waals surface area contributed by atoms with E-state index in [2.05, 4.69) is 11.8 Å². The van der Waals surface area contributed by atoms with Crippen LogP contribution < -0.4 is 4.90 Å². The van der Waals surface area contributed by atoms with Gasteiger partial charge in [-0.05, 0) is 68.2 Å². The largest absolute Gasteiger partial charge is 0.335 e. The lowest BCUT2D eigenvalue weighted by Gasteiger charge is -2.47. The molecule has 4 rings (SSSR count). The van der Waals surface area contributed by atoms with Crippen LogP contribution in [-0.2, 0) is 4.79 Å². The van der Waals surface area contributed by atoms with Gasteiger partial charge in [0.2, 0.25) is 5.91 Å². The quantitative estimate of drug-likeness (QED) is 0.820. The normalized spacial score (nSPS) is 29.6. The number of carbonyl (C=O) groups is 2. The second-order valence-electron chi connectivity index (χ2n) is 8.00. The Morgan fingerprint density at radius 3 is 2.48 bits per heavy atom. The first-order valence-electron chi connectivity index (χ1n) is 9.86. The van der Waals surface area contributed by atoms with E-state index in [4.69, 9.17) is 0 Å². The van der Waals surface area contributed by atoms with Gasteiger partial charge in [0, 0.05) is 36.8 Å². The van der Waals surface area contributed by atoms with E-state index in [1.165, 1.54) is 25.7 Å². The van der Waals surface area contributed by atoms with Crippen molar-refractivity contribution >= 4 is 17.5 Å². The minimum absolute atomic E-state index is 0.169. The van der Waals surface area contributed by atoms with Crippen LogP contribution in [0.2, 0.25) is 0 Å². The number of hydrogen-bond acceptors (Lipinski definition) is 2. The number of amides is 2. The molecule has 0 radical (unpaired) electrons. The lowest BCUT2D eigenvalue weighted by atomic mass is 9.73. The maximum Gasteiger partial charge on any atom is 0.254 e. The number of fused-ring (bicyclic) bond motifs is 1. The summed E-state index contributed by atoms with van der Waals surface area (Å²) in [5.74, 6) is 1.64. The van der Waals surface area contributed by atoms with Crippen molar-refractivity contribution in [2.45, 2.75) is 57.9 Å². The number of anilines is 1. The molecule has 2 heterocycles. The summed E-state index contributed by atoms with van der Waals surface area (Å²) in [5.41, 5.74) is 1.68. The molecule has 1 saturated carbocycles. The first-order valence-corrected chi connectivity index (χ1v) is 9.86. The minimum Gasteiger partial charge on any atom is -0.335 e. The number of benzene rings is 1. The third-order valence-electron chi connectivity index (χ3n) is 6.39. The summed E-state index contributed by atoms with van der Waals surface area (Å²) in [4.78, 5) is 29.0. The monoisotopic (exact) mass is 340 g/mol. The van der Waals surface area contributed by atoms with Crippen LogP contribution in [0.5, 0.6) is 0 Å². The highest BCUT2D eigenvalue weighted by molar-refractivity contribution is 5.97.